The van der Waals surface area contributed by atoms with Gasteiger partial charge in [-0.3, -0.25) is 4.79 Å². The van der Waals surface area contributed by atoms with Crippen LogP contribution < -0.4 is 15.8 Å². The number of carboxylic acid groups (broad SMARTS) is 1. The Morgan fingerprint density at radius 2 is 2.17 bits per heavy atom. The van der Waals surface area contributed by atoms with Crippen molar-refractivity contribution in [1.82, 2.24) is 5.32 Å². The fourth-order valence-corrected chi connectivity index (χ4v) is 1.43. The van der Waals surface area contributed by atoms with Crippen LogP contribution in [-0.4, -0.2) is 29.6 Å². The minimum Gasteiger partial charge on any atom is -0.482 e. The van der Waals surface area contributed by atoms with E-state index in [2.05, 4.69) is 5.32 Å². The number of aromatic carboxylic acids is 1. The molecule has 1 aromatic carbocycles. The molecule has 4 N–H and O–H groups in total. The molecule has 1 saturated carbocycles. The van der Waals surface area contributed by atoms with Gasteiger partial charge < -0.3 is 20.9 Å². The highest BCUT2D eigenvalue weighted by atomic mass is 16.5. The molecule has 6 heteroatoms. The minimum absolute atomic E-state index is 0.0711. The summed E-state index contributed by atoms with van der Waals surface area (Å²) in [6.07, 6.45) is 2.00. The van der Waals surface area contributed by atoms with E-state index in [4.69, 9.17) is 15.6 Å². The highest BCUT2D eigenvalue weighted by Crippen LogP contribution is 2.23. The van der Waals surface area contributed by atoms with Crippen LogP contribution in [0.25, 0.3) is 0 Å². The molecule has 6 nitrogen and oxygen atoms in total. The highest BCUT2D eigenvalue weighted by molar-refractivity contribution is 5.89. The van der Waals surface area contributed by atoms with Crippen molar-refractivity contribution < 1.29 is 19.4 Å². The predicted octanol–water partition coefficient (Wildman–Crippen LogP) is 0.624. The van der Waals surface area contributed by atoms with E-state index in [9.17, 15) is 9.59 Å². The molecule has 1 aliphatic rings. The van der Waals surface area contributed by atoms with Gasteiger partial charge in [0.25, 0.3) is 5.91 Å². The first-order valence-corrected chi connectivity index (χ1v) is 5.61. The summed E-state index contributed by atoms with van der Waals surface area (Å²) in [5.74, 6) is -1.08. The number of nitrogens with one attached hydrogen (secondary N) is 1. The largest absolute Gasteiger partial charge is 0.482 e. The van der Waals surface area contributed by atoms with Crippen LogP contribution in [0.2, 0.25) is 0 Å². The van der Waals surface area contributed by atoms with Gasteiger partial charge in [0.05, 0.1) is 11.3 Å². The van der Waals surface area contributed by atoms with Crippen molar-refractivity contribution in [3.8, 4) is 5.75 Å². The average molecular weight is 250 g/mol. The molecule has 1 fully saturated rings. The zero-order chi connectivity index (χ0) is 13.1. The lowest BCUT2D eigenvalue weighted by Gasteiger charge is -2.09. The van der Waals surface area contributed by atoms with Crippen LogP contribution in [0.15, 0.2) is 18.2 Å². The summed E-state index contributed by atoms with van der Waals surface area (Å²) in [4.78, 5) is 22.2. The molecule has 0 saturated heterocycles. The fourth-order valence-electron chi connectivity index (χ4n) is 1.43. The smallest absolute Gasteiger partial charge is 0.335 e. The van der Waals surface area contributed by atoms with E-state index in [0.29, 0.717) is 5.69 Å². The maximum Gasteiger partial charge on any atom is 0.335 e. The number of carbonyl (C=O) groups is 2. The third kappa shape index (κ3) is 3.13. The van der Waals surface area contributed by atoms with Gasteiger partial charge in [-0.25, -0.2) is 4.79 Å². The molecule has 0 atom stereocenters. The van der Waals surface area contributed by atoms with Gasteiger partial charge in [0.2, 0.25) is 0 Å². The second kappa shape index (κ2) is 4.95. The molecule has 0 unspecified atom stereocenters. The summed E-state index contributed by atoms with van der Waals surface area (Å²) in [6, 6.07) is 4.40. The van der Waals surface area contributed by atoms with Crippen molar-refractivity contribution in [1.29, 1.82) is 0 Å². The van der Waals surface area contributed by atoms with Crippen molar-refractivity contribution in [3.05, 3.63) is 23.8 Å². The Bertz CT molecular complexity index is 483. The number of benzene rings is 1. The average Bonchev–Trinajstić information content (AvgIpc) is 3.11. The van der Waals surface area contributed by atoms with Gasteiger partial charge in [-0.1, -0.05) is 0 Å². The Hall–Kier alpha value is -2.24. The molecule has 1 aromatic rings. The van der Waals surface area contributed by atoms with Crippen molar-refractivity contribution in [2.75, 3.05) is 12.3 Å². The molecule has 0 aromatic heterocycles. The molecule has 0 aliphatic heterocycles. The number of hydrogen-bond donors (Lipinski definition) is 3. The lowest BCUT2D eigenvalue weighted by molar-refractivity contribution is -0.123. The van der Waals surface area contributed by atoms with Crippen molar-refractivity contribution >= 4 is 17.6 Å². The SMILES string of the molecule is Nc1ccc(C(=O)O)cc1OCC(=O)NC1CC1. The predicted molar refractivity (Wildman–Crippen MR) is 64.5 cm³/mol. The molecule has 0 bridgehead atoms. The monoisotopic (exact) mass is 250 g/mol. The number of carbonyl (C=O) groups excluding carboxylic acids is 1. The van der Waals surface area contributed by atoms with Crippen LogP contribution in [0, 0.1) is 0 Å². The van der Waals surface area contributed by atoms with Gasteiger partial charge >= 0.3 is 5.97 Å². The Balaban J connectivity index is 1.96. The van der Waals surface area contributed by atoms with Gasteiger partial charge in [0.1, 0.15) is 5.75 Å². The molecule has 0 radical (unpaired) electrons. The van der Waals surface area contributed by atoms with E-state index in [1.165, 1.54) is 18.2 Å². The van der Waals surface area contributed by atoms with Crippen LogP contribution >= 0.6 is 0 Å². The quantitative estimate of drug-likeness (QED) is 0.665. The number of ether oxygens (including phenoxy) is 1. The molecular formula is C12H14N2O4. The molecule has 18 heavy (non-hydrogen) atoms. The zero-order valence-electron chi connectivity index (χ0n) is 9.68. The third-order valence-electron chi connectivity index (χ3n) is 2.56. The Labute approximate surface area is 104 Å². The van der Waals surface area contributed by atoms with Gasteiger partial charge in [-0.15, -0.1) is 0 Å². The summed E-state index contributed by atoms with van der Waals surface area (Å²) in [5.41, 5.74) is 6.02. The molecule has 0 heterocycles. The summed E-state index contributed by atoms with van der Waals surface area (Å²) < 4.78 is 5.22. The molecule has 1 aliphatic carbocycles. The maximum absolute atomic E-state index is 11.4. The molecule has 0 spiro atoms. The summed E-state index contributed by atoms with van der Waals surface area (Å²) in [6.45, 7) is -0.163. The van der Waals surface area contributed by atoms with Gasteiger partial charge in [-0.2, -0.15) is 0 Å². The standard InChI is InChI=1S/C12H14N2O4/c13-9-4-1-7(12(16)17)5-10(9)18-6-11(15)14-8-2-3-8/h1,4-5,8H,2-3,6,13H2,(H,14,15)(H,16,17). The number of nitrogen functional groups attached to an aromatic ring is 1. The number of rotatable bonds is 5. The summed E-state index contributed by atoms with van der Waals surface area (Å²) in [7, 11) is 0. The van der Waals surface area contributed by atoms with E-state index in [0.717, 1.165) is 12.8 Å². The number of hydrogen-bond acceptors (Lipinski definition) is 4. The first-order valence-electron chi connectivity index (χ1n) is 5.61. The van der Waals surface area contributed by atoms with Gasteiger partial charge in [-0.05, 0) is 31.0 Å². The van der Waals surface area contributed by atoms with E-state index in [1.54, 1.807) is 0 Å². The number of anilines is 1. The van der Waals surface area contributed by atoms with Crippen LogP contribution in [0.5, 0.6) is 5.75 Å². The van der Waals surface area contributed by atoms with Crippen molar-refractivity contribution in [2.24, 2.45) is 0 Å². The minimum atomic E-state index is -1.07. The van der Waals surface area contributed by atoms with Crippen LogP contribution in [0.4, 0.5) is 5.69 Å². The Morgan fingerprint density at radius 1 is 1.44 bits per heavy atom. The van der Waals surface area contributed by atoms with E-state index >= 15 is 0 Å². The van der Waals surface area contributed by atoms with Crippen molar-refractivity contribution in [3.63, 3.8) is 0 Å². The number of amides is 1. The first kappa shape index (κ1) is 12.2. The highest BCUT2D eigenvalue weighted by Gasteiger charge is 2.23. The first-order chi connectivity index (χ1) is 8.56. The van der Waals surface area contributed by atoms with Gasteiger partial charge in [0.15, 0.2) is 6.61 Å². The topological polar surface area (TPSA) is 102 Å². The second-order valence-electron chi connectivity index (χ2n) is 4.19. The summed E-state index contributed by atoms with van der Waals surface area (Å²) in [5, 5.41) is 11.6. The van der Waals surface area contributed by atoms with Gasteiger partial charge in [0, 0.05) is 6.04 Å². The number of nitrogens with two attached hydrogens (primary N) is 1. The lowest BCUT2D eigenvalue weighted by Crippen LogP contribution is -2.30. The van der Waals surface area contributed by atoms with Crippen LogP contribution in [-0.2, 0) is 4.79 Å². The van der Waals surface area contributed by atoms with E-state index < -0.39 is 5.97 Å². The van der Waals surface area contributed by atoms with Crippen molar-refractivity contribution in [2.45, 2.75) is 18.9 Å². The van der Waals surface area contributed by atoms with Crippen LogP contribution in [0.3, 0.4) is 0 Å². The van der Waals surface area contributed by atoms with E-state index in [-0.39, 0.29) is 29.9 Å². The zero-order valence-corrected chi connectivity index (χ0v) is 9.68. The second-order valence-corrected chi connectivity index (χ2v) is 4.19. The van der Waals surface area contributed by atoms with Crippen LogP contribution in [0.1, 0.15) is 23.2 Å². The lowest BCUT2D eigenvalue weighted by atomic mass is 10.2. The Morgan fingerprint density at radius 3 is 2.78 bits per heavy atom. The van der Waals surface area contributed by atoms with E-state index in [1.807, 2.05) is 0 Å². The molecule has 96 valence electrons. The normalized spacial score (nSPS) is 14.0. The maximum atomic E-state index is 11.4. The Kier molecular flexibility index (Phi) is 3.36. The molecule has 2 rings (SSSR count). The fraction of sp³-hybridized carbons (Fsp3) is 0.333. The number of carboxylic acids is 1. The third-order valence-corrected chi connectivity index (χ3v) is 2.56. The molecular weight excluding hydrogens is 236 g/mol. The summed E-state index contributed by atoms with van der Waals surface area (Å²) >= 11 is 0. The molecule has 1 amide bonds.